The van der Waals surface area contributed by atoms with Crippen LogP contribution < -0.4 is 10.6 Å². The van der Waals surface area contributed by atoms with Gasteiger partial charge in [0, 0.05) is 17.0 Å². The molecule has 0 aromatic heterocycles. The number of anilines is 1. The average molecular weight is 300 g/mol. The monoisotopic (exact) mass is 300 g/mol. The van der Waals surface area contributed by atoms with E-state index < -0.39 is 0 Å². The molecule has 4 heteroatoms. The molecule has 118 valence electrons. The SMILES string of the molecule is C=CC(C)(C)[C@@]12Nc3ccccc3CC1CC(C(=O)OC)N2. The zero-order valence-corrected chi connectivity index (χ0v) is 13.5. The maximum absolute atomic E-state index is 12.0. The number of benzene rings is 1. The van der Waals surface area contributed by atoms with Gasteiger partial charge >= 0.3 is 5.97 Å². The lowest BCUT2D eigenvalue weighted by atomic mass is 9.68. The summed E-state index contributed by atoms with van der Waals surface area (Å²) in [6.07, 6.45) is 3.68. The number of methoxy groups -OCH3 is 1. The van der Waals surface area contributed by atoms with Crippen LogP contribution in [0.25, 0.3) is 0 Å². The Kier molecular flexibility index (Phi) is 3.52. The van der Waals surface area contributed by atoms with Crippen molar-refractivity contribution in [3.05, 3.63) is 42.5 Å². The Balaban J connectivity index is 2.04. The zero-order valence-electron chi connectivity index (χ0n) is 13.5. The second-order valence-corrected chi connectivity index (χ2v) is 6.87. The predicted molar refractivity (Wildman–Crippen MR) is 87.5 cm³/mol. The molecule has 0 radical (unpaired) electrons. The van der Waals surface area contributed by atoms with Gasteiger partial charge < -0.3 is 10.1 Å². The second kappa shape index (κ2) is 5.13. The lowest BCUT2D eigenvalue weighted by Gasteiger charge is -2.51. The first kappa shape index (κ1) is 15.1. The predicted octanol–water partition coefficient (Wildman–Crippen LogP) is 2.71. The van der Waals surface area contributed by atoms with Crippen molar-refractivity contribution >= 4 is 11.7 Å². The molecular formula is C18H24N2O2. The minimum absolute atomic E-state index is 0.195. The number of esters is 1. The third kappa shape index (κ3) is 2.05. The Morgan fingerprint density at radius 1 is 1.45 bits per heavy atom. The number of fused-ring (bicyclic) bond motifs is 2. The normalized spacial score (nSPS) is 30.0. The molecule has 3 atom stereocenters. The van der Waals surface area contributed by atoms with Gasteiger partial charge in [-0.1, -0.05) is 38.1 Å². The zero-order chi connectivity index (χ0) is 16.0. The van der Waals surface area contributed by atoms with E-state index in [9.17, 15) is 4.79 Å². The highest BCUT2D eigenvalue weighted by atomic mass is 16.5. The highest BCUT2D eigenvalue weighted by molar-refractivity contribution is 5.77. The summed E-state index contributed by atoms with van der Waals surface area (Å²) in [4.78, 5) is 12.0. The Morgan fingerprint density at radius 3 is 2.86 bits per heavy atom. The van der Waals surface area contributed by atoms with Crippen molar-refractivity contribution in [2.24, 2.45) is 11.3 Å². The number of carbonyl (C=O) groups excluding carboxylic acids is 1. The fourth-order valence-electron chi connectivity index (χ4n) is 3.92. The number of hydrogen-bond donors (Lipinski definition) is 2. The van der Waals surface area contributed by atoms with Crippen LogP contribution in [-0.2, 0) is 16.0 Å². The first-order valence-electron chi connectivity index (χ1n) is 7.79. The summed E-state index contributed by atoms with van der Waals surface area (Å²) < 4.78 is 4.95. The van der Waals surface area contributed by atoms with E-state index in [1.807, 2.05) is 12.1 Å². The number of hydrogen-bond acceptors (Lipinski definition) is 4. The quantitative estimate of drug-likeness (QED) is 0.666. The smallest absolute Gasteiger partial charge is 0.322 e. The van der Waals surface area contributed by atoms with Crippen molar-refractivity contribution < 1.29 is 9.53 Å². The van der Waals surface area contributed by atoms with E-state index in [0.29, 0.717) is 5.92 Å². The number of ether oxygens (including phenoxy) is 1. The molecule has 1 fully saturated rings. The molecule has 0 bridgehead atoms. The van der Waals surface area contributed by atoms with E-state index in [1.165, 1.54) is 12.7 Å². The topological polar surface area (TPSA) is 50.4 Å². The van der Waals surface area contributed by atoms with E-state index in [0.717, 1.165) is 18.5 Å². The van der Waals surface area contributed by atoms with Gasteiger partial charge in [-0.3, -0.25) is 10.1 Å². The minimum atomic E-state index is -0.387. The van der Waals surface area contributed by atoms with Gasteiger partial charge in [-0.05, 0) is 24.5 Å². The molecule has 0 saturated carbocycles. The highest BCUT2D eigenvalue weighted by Gasteiger charge is 2.58. The molecule has 0 aliphatic carbocycles. The van der Waals surface area contributed by atoms with Crippen molar-refractivity contribution in [1.82, 2.24) is 5.32 Å². The maximum Gasteiger partial charge on any atom is 0.322 e. The molecule has 2 aliphatic rings. The van der Waals surface area contributed by atoms with Crippen LogP contribution in [0.4, 0.5) is 5.69 Å². The summed E-state index contributed by atoms with van der Waals surface area (Å²) in [5, 5.41) is 7.21. The van der Waals surface area contributed by atoms with Crippen LogP contribution in [0.1, 0.15) is 25.8 Å². The molecule has 4 nitrogen and oxygen atoms in total. The number of carbonyl (C=O) groups is 1. The van der Waals surface area contributed by atoms with Crippen LogP contribution in [-0.4, -0.2) is 24.8 Å². The van der Waals surface area contributed by atoms with E-state index in [1.54, 1.807) is 0 Å². The summed E-state index contributed by atoms with van der Waals surface area (Å²) in [7, 11) is 1.44. The molecule has 3 rings (SSSR count). The van der Waals surface area contributed by atoms with Crippen LogP contribution in [0.5, 0.6) is 0 Å². The second-order valence-electron chi connectivity index (χ2n) is 6.87. The van der Waals surface area contributed by atoms with Crippen molar-refractivity contribution in [3.63, 3.8) is 0 Å². The summed E-state index contributed by atoms with van der Waals surface area (Å²) in [6, 6.07) is 8.06. The Labute approximate surface area is 131 Å². The molecular weight excluding hydrogens is 276 g/mol. The lowest BCUT2D eigenvalue weighted by molar-refractivity contribution is -0.143. The molecule has 0 spiro atoms. The van der Waals surface area contributed by atoms with Crippen molar-refractivity contribution in [2.45, 2.75) is 38.4 Å². The minimum Gasteiger partial charge on any atom is -0.468 e. The van der Waals surface area contributed by atoms with Crippen molar-refractivity contribution in [1.29, 1.82) is 0 Å². The average Bonchev–Trinajstić information content (AvgIpc) is 2.91. The van der Waals surface area contributed by atoms with Crippen molar-refractivity contribution in [3.8, 4) is 0 Å². The fraction of sp³-hybridized carbons (Fsp3) is 0.500. The molecule has 1 aromatic rings. The van der Waals surface area contributed by atoms with E-state index in [2.05, 4.69) is 49.3 Å². The van der Waals surface area contributed by atoms with Crippen molar-refractivity contribution in [2.75, 3.05) is 12.4 Å². The highest BCUT2D eigenvalue weighted by Crippen LogP contribution is 2.49. The van der Waals surface area contributed by atoms with Crippen LogP contribution in [0, 0.1) is 11.3 Å². The van der Waals surface area contributed by atoms with E-state index in [4.69, 9.17) is 4.74 Å². The summed E-state index contributed by atoms with van der Waals surface area (Å²) in [6.45, 7) is 8.32. The van der Waals surface area contributed by atoms with Gasteiger partial charge in [0.15, 0.2) is 0 Å². The number of nitrogens with one attached hydrogen (secondary N) is 2. The lowest BCUT2D eigenvalue weighted by Crippen LogP contribution is -2.64. The third-order valence-electron chi connectivity index (χ3n) is 5.36. The Hall–Kier alpha value is -1.81. The largest absolute Gasteiger partial charge is 0.468 e. The van der Waals surface area contributed by atoms with Crippen LogP contribution in [0.2, 0.25) is 0 Å². The Bertz CT molecular complexity index is 611. The van der Waals surface area contributed by atoms with E-state index >= 15 is 0 Å². The third-order valence-corrected chi connectivity index (χ3v) is 5.36. The molecule has 1 saturated heterocycles. The molecule has 2 aliphatic heterocycles. The van der Waals surface area contributed by atoms with Gasteiger partial charge in [0.1, 0.15) is 11.7 Å². The van der Waals surface area contributed by atoms with Gasteiger partial charge in [-0.2, -0.15) is 0 Å². The summed E-state index contributed by atoms with van der Waals surface area (Å²) in [5.41, 5.74) is 1.83. The fourth-order valence-corrected chi connectivity index (χ4v) is 3.92. The van der Waals surface area contributed by atoms with Gasteiger partial charge in [0.2, 0.25) is 0 Å². The van der Waals surface area contributed by atoms with Crippen LogP contribution in [0.3, 0.4) is 0 Å². The Morgan fingerprint density at radius 2 is 2.18 bits per heavy atom. The van der Waals surface area contributed by atoms with Crippen LogP contribution in [0.15, 0.2) is 36.9 Å². The standard InChI is InChI=1S/C18H24N2O2/c1-5-17(2,3)18-13(11-15(20-18)16(21)22-4)10-12-8-6-7-9-14(12)19-18/h5-9,13,15,19-20H,1,10-11H2,2-4H3/t13?,15?,18-/m1/s1. The molecule has 2 N–H and O–H groups in total. The molecule has 0 amide bonds. The van der Waals surface area contributed by atoms with Gasteiger partial charge in [0.25, 0.3) is 0 Å². The van der Waals surface area contributed by atoms with Gasteiger partial charge in [0.05, 0.1) is 7.11 Å². The van der Waals surface area contributed by atoms with E-state index in [-0.39, 0.29) is 23.1 Å². The van der Waals surface area contributed by atoms with Gasteiger partial charge in [-0.15, -0.1) is 6.58 Å². The molecule has 2 unspecified atom stereocenters. The number of rotatable bonds is 3. The van der Waals surface area contributed by atoms with Crippen LogP contribution >= 0.6 is 0 Å². The first-order chi connectivity index (χ1) is 10.4. The van der Waals surface area contributed by atoms with Gasteiger partial charge in [-0.25, -0.2) is 0 Å². The number of para-hydroxylation sites is 1. The molecule has 1 aromatic carbocycles. The maximum atomic E-state index is 12.0. The first-order valence-corrected chi connectivity index (χ1v) is 7.79. The molecule has 22 heavy (non-hydrogen) atoms. The molecule has 2 heterocycles. The summed E-state index contributed by atoms with van der Waals surface area (Å²) in [5.74, 6) is 0.110. The summed E-state index contributed by atoms with van der Waals surface area (Å²) >= 11 is 0.